The summed E-state index contributed by atoms with van der Waals surface area (Å²) in [6, 6.07) is 19.3. The Balaban J connectivity index is 1.71. The fraction of sp³-hybridized carbons (Fsp3) is 0.233. The average molecular weight is 519 g/mol. The van der Waals surface area contributed by atoms with Gasteiger partial charge in [-0.05, 0) is 95.5 Å². The number of benzene rings is 3. The molecule has 0 bridgehead atoms. The molecule has 0 amide bonds. The molecule has 3 N–H and O–H groups in total. The Kier molecular flexibility index (Phi) is 7.31. The van der Waals surface area contributed by atoms with Crippen LogP contribution in [0.4, 0.5) is 10.1 Å². The van der Waals surface area contributed by atoms with E-state index in [9.17, 15) is 9.18 Å². The largest absolute Gasteiger partial charge is 0.494 e. The number of hydrogen-bond donors (Lipinski definition) is 3. The Morgan fingerprint density at radius 3 is 2.51 bits per heavy atom. The highest BCUT2D eigenvalue weighted by atomic mass is 35.5. The number of allylic oxidation sites excluding steroid dienone is 1. The number of fused-ring (bicyclic) bond motifs is 1. The van der Waals surface area contributed by atoms with Crippen LogP contribution in [0.25, 0.3) is 17.2 Å². The Morgan fingerprint density at radius 2 is 1.86 bits per heavy atom. The normalized spacial score (nSPS) is 17.6. The van der Waals surface area contributed by atoms with E-state index >= 15 is 0 Å². The smallest absolute Gasteiger partial charge is 0.328 e. The Bertz CT molecular complexity index is 1380. The van der Waals surface area contributed by atoms with Crippen molar-refractivity contribution in [2.75, 3.05) is 12.0 Å². The number of carbonyl (C=O) groups is 1. The molecule has 2 aliphatic rings. The van der Waals surface area contributed by atoms with E-state index in [1.54, 1.807) is 6.08 Å². The Morgan fingerprint density at radius 1 is 1.11 bits per heavy atom. The topological polar surface area (TPSA) is 70.6 Å². The first kappa shape index (κ1) is 25.1. The van der Waals surface area contributed by atoms with Crippen LogP contribution in [0.15, 0.2) is 66.7 Å². The van der Waals surface area contributed by atoms with Gasteiger partial charge in [0.1, 0.15) is 5.75 Å². The molecule has 37 heavy (non-hydrogen) atoms. The number of carboxylic acid groups (broad SMARTS) is 1. The highest BCUT2D eigenvalue weighted by Gasteiger charge is 2.30. The SMILES string of the molecule is CCOc1ccc(/C(=C(\c2ccc(/C=C/C(=O)O)cc2)c2ccc3c(c2)C(F)NN3)C2CCC2)c(Cl)c1. The molecular formula is C30H28ClFN2O3. The van der Waals surface area contributed by atoms with Crippen LogP contribution < -0.4 is 15.6 Å². The number of aliphatic carboxylic acids is 1. The van der Waals surface area contributed by atoms with Gasteiger partial charge < -0.3 is 15.3 Å². The van der Waals surface area contributed by atoms with Crippen molar-refractivity contribution >= 4 is 40.5 Å². The van der Waals surface area contributed by atoms with E-state index in [4.69, 9.17) is 21.4 Å². The Hall–Kier alpha value is -3.61. The van der Waals surface area contributed by atoms with Gasteiger partial charge in [0.2, 0.25) is 0 Å². The molecule has 1 aliphatic heterocycles. The molecule has 0 radical (unpaired) electrons. The van der Waals surface area contributed by atoms with Gasteiger partial charge >= 0.3 is 5.97 Å². The predicted molar refractivity (Wildman–Crippen MR) is 146 cm³/mol. The van der Waals surface area contributed by atoms with Gasteiger partial charge in [0.25, 0.3) is 0 Å². The second kappa shape index (κ2) is 10.8. The number of alkyl halides is 1. The zero-order chi connectivity index (χ0) is 25.9. The lowest BCUT2D eigenvalue weighted by Gasteiger charge is -2.32. The summed E-state index contributed by atoms with van der Waals surface area (Å²) in [5, 5.41) is 9.59. The number of anilines is 1. The maximum Gasteiger partial charge on any atom is 0.328 e. The van der Waals surface area contributed by atoms with E-state index in [1.165, 1.54) is 0 Å². The van der Waals surface area contributed by atoms with Crippen LogP contribution in [-0.4, -0.2) is 17.7 Å². The summed E-state index contributed by atoms with van der Waals surface area (Å²) in [6.45, 7) is 2.49. The first-order valence-corrected chi connectivity index (χ1v) is 12.8. The minimum atomic E-state index is -1.30. The minimum absolute atomic E-state index is 0.308. The van der Waals surface area contributed by atoms with Gasteiger partial charge in [-0.2, -0.15) is 0 Å². The zero-order valence-corrected chi connectivity index (χ0v) is 21.2. The van der Waals surface area contributed by atoms with Crippen LogP contribution in [0.3, 0.4) is 0 Å². The second-order valence-corrected chi connectivity index (χ2v) is 9.63. The number of carboxylic acids is 1. The van der Waals surface area contributed by atoms with Crippen molar-refractivity contribution in [1.82, 2.24) is 5.43 Å². The molecule has 3 aromatic carbocycles. The quantitative estimate of drug-likeness (QED) is 0.164. The van der Waals surface area contributed by atoms with Crippen molar-refractivity contribution in [1.29, 1.82) is 0 Å². The number of nitrogens with one attached hydrogen (secondary N) is 2. The van der Waals surface area contributed by atoms with Crippen molar-refractivity contribution in [3.8, 4) is 5.75 Å². The highest BCUT2D eigenvalue weighted by molar-refractivity contribution is 6.33. The minimum Gasteiger partial charge on any atom is -0.494 e. The van der Waals surface area contributed by atoms with Crippen LogP contribution in [0, 0.1) is 5.92 Å². The van der Waals surface area contributed by atoms with Gasteiger partial charge in [-0.3, -0.25) is 0 Å². The summed E-state index contributed by atoms with van der Waals surface area (Å²) in [5.74, 6) is 0.0289. The maximum absolute atomic E-state index is 14.6. The summed E-state index contributed by atoms with van der Waals surface area (Å²) < 4.78 is 20.3. The van der Waals surface area contributed by atoms with E-state index < -0.39 is 12.3 Å². The first-order chi connectivity index (χ1) is 17.9. The zero-order valence-electron chi connectivity index (χ0n) is 20.4. The summed E-state index contributed by atoms with van der Waals surface area (Å²) in [4.78, 5) is 11.0. The first-order valence-electron chi connectivity index (χ1n) is 12.4. The summed E-state index contributed by atoms with van der Waals surface area (Å²) >= 11 is 6.86. The molecule has 1 unspecified atom stereocenters. The van der Waals surface area contributed by atoms with Gasteiger partial charge in [-0.1, -0.05) is 48.4 Å². The third-order valence-electron chi connectivity index (χ3n) is 6.89. The maximum atomic E-state index is 14.6. The molecule has 1 atom stereocenters. The summed E-state index contributed by atoms with van der Waals surface area (Å²) in [7, 11) is 0. The standard InChI is InChI=1S/C30H28ClFN2O3/c1-2-37-22-12-13-23(25(31)17-22)29(19-4-3-5-19)28(20-9-6-18(7-10-20)8-15-27(35)36)21-11-14-26-24(16-21)30(32)34-33-26/h6-17,19,30,33-34H,2-5H2,1H3,(H,35,36)/b15-8+,29-28+. The number of hydrazine groups is 1. The lowest BCUT2D eigenvalue weighted by Crippen LogP contribution is -2.15. The van der Waals surface area contributed by atoms with Crippen molar-refractivity contribution in [3.63, 3.8) is 0 Å². The molecule has 1 aliphatic carbocycles. The number of hydrogen-bond acceptors (Lipinski definition) is 4. The Labute approximate surface area is 220 Å². The van der Waals surface area contributed by atoms with Crippen LogP contribution in [-0.2, 0) is 4.79 Å². The lowest BCUT2D eigenvalue weighted by molar-refractivity contribution is -0.131. The fourth-order valence-electron chi connectivity index (χ4n) is 4.89. The molecular weight excluding hydrogens is 491 g/mol. The van der Waals surface area contributed by atoms with Crippen molar-refractivity contribution in [2.45, 2.75) is 32.5 Å². The van der Waals surface area contributed by atoms with Crippen LogP contribution in [0.2, 0.25) is 5.02 Å². The van der Waals surface area contributed by atoms with Gasteiger partial charge in [-0.25, -0.2) is 14.6 Å². The van der Waals surface area contributed by atoms with E-state index in [0.717, 1.165) is 64.5 Å². The molecule has 1 saturated carbocycles. The molecule has 3 aromatic rings. The average Bonchev–Trinajstić information content (AvgIpc) is 3.22. The van der Waals surface area contributed by atoms with Crippen LogP contribution in [0.1, 0.15) is 60.3 Å². The van der Waals surface area contributed by atoms with E-state index in [-0.39, 0.29) is 0 Å². The summed E-state index contributed by atoms with van der Waals surface area (Å²) in [6.07, 6.45) is 4.60. The predicted octanol–water partition coefficient (Wildman–Crippen LogP) is 7.49. The molecule has 190 valence electrons. The van der Waals surface area contributed by atoms with Gasteiger partial charge in [0.05, 0.1) is 17.3 Å². The fourth-order valence-corrected chi connectivity index (χ4v) is 5.17. The van der Waals surface area contributed by atoms with E-state index in [2.05, 4.69) is 10.9 Å². The van der Waals surface area contributed by atoms with E-state index in [0.29, 0.717) is 28.8 Å². The number of ether oxygens (including phenoxy) is 1. The van der Waals surface area contributed by atoms with Crippen molar-refractivity contribution in [3.05, 3.63) is 99.6 Å². The lowest BCUT2D eigenvalue weighted by atomic mass is 9.73. The third-order valence-corrected chi connectivity index (χ3v) is 7.20. The molecule has 7 heteroatoms. The second-order valence-electron chi connectivity index (χ2n) is 9.22. The van der Waals surface area contributed by atoms with Gasteiger partial charge in [0, 0.05) is 11.6 Å². The van der Waals surface area contributed by atoms with Crippen molar-refractivity contribution < 1.29 is 19.0 Å². The van der Waals surface area contributed by atoms with Crippen LogP contribution in [0.5, 0.6) is 5.75 Å². The summed E-state index contributed by atoms with van der Waals surface area (Å²) in [5.41, 5.74) is 12.5. The number of rotatable bonds is 8. The third kappa shape index (κ3) is 5.26. The van der Waals surface area contributed by atoms with Gasteiger partial charge in [-0.15, -0.1) is 0 Å². The van der Waals surface area contributed by atoms with Crippen molar-refractivity contribution in [2.24, 2.45) is 5.92 Å². The molecule has 1 heterocycles. The molecule has 5 rings (SSSR count). The monoisotopic (exact) mass is 518 g/mol. The molecule has 5 nitrogen and oxygen atoms in total. The van der Waals surface area contributed by atoms with E-state index in [1.807, 2.05) is 67.6 Å². The molecule has 0 saturated heterocycles. The number of halogens is 2. The van der Waals surface area contributed by atoms with Crippen LogP contribution >= 0.6 is 11.6 Å². The highest BCUT2D eigenvalue weighted by Crippen LogP contribution is 2.48. The molecule has 1 fully saturated rings. The molecule has 0 spiro atoms. The molecule has 0 aromatic heterocycles. The van der Waals surface area contributed by atoms with Gasteiger partial charge in [0.15, 0.2) is 6.30 Å².